The van der Waals surface area contributed by atoms with Crippen molar-refractivity contribution in [3.63, 3.8) is 0 Å². The molecular formula is C26H48N4O9. The van der Waals surface area contributed by atoms with Crippen molar-refractivity contribution in [2.24, 2.45) is 0 Å². The van der Waals surface area contributed by atoms with Gasteiger partial charge in [0.1, 0.15) is 11.4 Å². The Morgan fingerprint density at radius 2 is 1.33 bits per heavy atom. The largest absolute Gasteiger partial charge is 0.481 e. The Bertz CT molecular complexity index is 757. The van der Waals surface area contributed by atoms with E-state index in [-0.39, 0.29) is 18.9 Å². The van der Waals surface area contributed by atoms with Crippen LogP contribution in [-0.4, -0.2) is 93.1 Å². The zero-order valence-electron chi connectivity index (χ0n) is 24.5. The van der Waals surface area contributed by atoms with E-state index in [2.05, 4.69) is 21.2 Å². The first-order valence-corrected chi connectivity index (χ1v) is 13.2. The monoisotopic (exact) mass is 560 g/mol. The third-order valence-corrected chi connectivity index (χ3v) is 3.83. The maximum absolute atomic E-state index is 12.1. The van der Waals surface area contributed by atoms with Gasteiger partial charge in [-0.25, -0.2) is 15.2 Å². The van der Waals surface area contributed by atoms with Crippen LogP contribution in [0.1, 0.15) is 65.2 Å². The second-order valence-electron chi connectivity index (χ2n) is 8.03. The topological polar surface area (TPSA) is 167 Å². The number of rotatable bonds is 18. The van der Waals surface area contributed by atoms with Gasteiger partial charge in [0.15, 0.2) is 0 Å². The molecule has 1 heterocycles. The van der Waals surface area contributed by atoms with Gasteiger partial charge < -0.3 is 34.1 Å². The van der Waals surface area contributed by atoms with Crippen LogP contribution in [0.25, 0.3) is 0 Å². The lowest BCUT2D eigenvalue weighted by molar-refractivity contribution is -0.138. The second-order valence-corrected chi connectivity index (χ2v) is 8.03. The molecule has 13 heteroatoms. The number of carboxylic acid groups (broad SMARTS) is 1. The number of hydrogen-bond acceptors (Lipinski definition) is 10. The molecule has 39 heavy (non-hydrogen) atoms. The van der Waals surface area contributed by atoms with Gasteiger partial charge in [0.05, 0.1) is 64.8 Å². The van der Waals surface area contributed by atoms with E-state index in [0.29, 0.717) is 64.2 Å². The normalized spacial score (nSPS) is 10.2. The first kappa shape index (κ1) is 38.1. The molecule has 0 spiro atoms. The molecule has 0 saturated carbocycles. The molecule has 0 atom stereocenters. The third-order valence-electron chi connectivity index (χ3n) is 3.83. The van der Waals surface area contributed by atoms with Crippen LogP contribution in [0.2, 0.25) is 0 Å². The van der Waals surface area contributed by atoms with Crippen molar-refractivity contribution >= 4 is 23.8 Å². The highest BCUT2D eigenvalue weighted by Crippen LogP contribution is 2.07. The van der Waals surface area contributed by atoms with Crippen molar-refractivity contribution in [2.75, 3.05) is 64.8 Å². The standard InChI is InChI=1S/C22H36N4O9.2C2H6/c1-22(2,3)35-21(30)26-25-18-5-4-17(16-24-18)20(29)23-7-9-32-11-13-34-15-14-33-12-10-31-8-6-19(27)28;2*1-2/h4-5,16H,6-15H2,1-3H3,(H,23,29)(H,24,25)(H,26,30)(H,27,28);2*1-2H3. The number of carboxylic acids is 1. The lowest BCUT2D eigenvalue weighted by Crippen LogP contribution is -2.36. The summed E-state index contributed by atoms with van der Waals surface area (Å²) in [5.41, 5.74) is 4.71. The highest BCUT2D eigenvalue weighted by molar-refractivity contribution is 5.94. The Balaban J connectivity index is 0. The fraction of sp³-hybridized carbons (Fsp3) is 0.692. The van der Waals surface area contributed by atoms with Crippen molar-refractivity contribution < 1.29 is 43.2 Å². The maximum Gasteiger partial charge on any atom is 0.426 e. The highest BCUT2D eigenvalue weighted by Gasteiger charge is 2.15. The zero-order valence-corrected chi connectivity index (χ0v) is 24.5. The van der Waals surface area contributed by atoms with Gasteiger partial charge in [-0.2, -0.15) is 0 Å². The van der Waals surface area contributed by atoms with Crippen molar-refractivity contribution in [3.05, 3.63) is 23.9 Å². The number of hydrogen-bond donors (Lipinski definition) is 4. The Kier molecular flexibility index (Phi) is 24.7. The molecule has 1 aromatic rings. The lowest BCUT2D eigenvalue weighted by atomic mass is 10.2. The highest BCUT2D eigenvalue weighted by atomic mass is 16.6. The van der Waals surface area contributed by atoms with Crippen LogP contribution in [0.15, 0.2) is 18.3 Å². The smallest absolute Gasteiger partial charge is 0.426 e. The molecule has 0 fully saturated rings. The molecule has 0 radical (unpaired) electrons. The first-order chi connectivity index (χ1) is 18.7. The van der Waals surface area contributed by atoms with E-state index >= 15 is 0 Å². The zero-order chi connectivity index (χ0) is 29.9. The van der Waals surface area contributed by atoms with Crippen molar-refractivity contribution in [1.29, 1.82) is 0 Å². The van der Waals surface area contributed by atoms with Gasteiger partial charge in [-0.15, -0.1) is 0 Å². The summed E-state index contributed by atoms with van der Waals surface area (Å²) in [6, 6.07) is 3.12. The van der Waals surface area contributed by atoms with Crippen molar-refractivity contribution in [3.8, 4) is 0 Å². The molecule has 0 aliphatic carbocycles. The van der Waals surface area contributed by atoms with E-state index in [1.807, 2.05) is 27.7 Å². The predicted molar refractivity (Wildman–Crippen MR) is 148 cm³/mol. The van der Waals surface area contributed by atoms with Gasteiger partial charge in [-0.1, -0.05) is 27.7 Å². The summed E-state index contributed by atoms with van der Waals surface area (Å²) in [5, 5.41) is 11.2. The van der Waals surface area contributed by atoms with Crippen molar-refractivity contribution in [2.45, 2.75) is 60.5 Å². The molecule has 0 aromatic carbocycles. The predicted octanol–water partition coefficient (Wildman–Crippen LogP) is 3.26. The van der Waals surface area contributed by atoms with Gasteiger partial charge >= 0.3 is 12.1 Å². The Morgan fingerprint density at radius 3 is 1.79 bits per heavy atom. The molecule has 1 aromatic heterocycles. The molecule has 0 aliphatic rings. The van der Waals surface area contributed by atoms with Crippen LogP contribution >= 0.6 is 0 Å². The number of aromatic nitrogens is 1. The number of anilines is 1. The molecule has 0 bridgehead atoms. The van der Waals surface area contributed by atoms with Gasteiger partial charge in [-0.3, -0.25) is 15.0 Å². The molecular weight excluding hydrogens is 512 g/mol. The average molecular weight is 561 g/mol. The van der Waals surface area contributed by atoms with Crippen LogP contribution in [0.5, 0.6) is 0 Å². The summed E-state index contributed by atoms with van der Waals surface area (Å²) in [4.78, 5) is 38.1. The summed E-state index contributed by atoms with van der Waals surface area (Å²) in [7, 11) is 0. The summed E-state index contributed by atoms with van der Waals surface area (Å²) in [6.45, 7) is 16.4. The number of aliphatic carboxylic acids is 1. The summed E-state index contributed by atoms with van der Waals surface area (Å²) in [5.74, 6) is -0.838. The molecule has 0 aliphatic heterocycles. The minimum Gasteiger partial charge on any atom is -0.481 e. The minimum absolute atomic E-state index is 0.0224. The first-order valence-electron chi connectivity index (χ1n) is 13.2. The van der Waals surface area contributed by atoms with Crippen LogP contribution in [0.4, 0.5) is 10.6 Å². The van der Waals surface area contributed by atoms with E-state index in [0.717, 1.165) is 0 Å². The molecule has 226 valence electrons. The van der Waals surface area contributed by atoms with Gasteiger partial charge in [0.25, 0.3) is 5.91 Å². The van der Waals surface area contributed by atoms with E-state index in [1.165, 1.54) is 6.20 Å². The molecule has 2 amide bonds. The number of amides is 2. The van der Waals surface area contributed by atoms with Crippen LogP contribution in [0, 0.1) is 0 Å². The number of pyridine rings is 1. The summed E-state index contributed by atoms with van der Waals surface area (Å²) >= 11 is 0. The summed E-state index contributed by atoms with van der Waals surface area (Å²) in [6.07, 6.45) is 0.718. The van der Waals surface area contributed by atoms with E-state index in [4.69, 9.17) is 28.8 Å². The minimum atomic E-state index is -0.892. The average Bonchev–Trinajstić information content (AvgIpc) is 2.91. The summed E-state index contributed by atoms with van der Waals surface area (Å²) < 4.78 is 26.2. The Morgan fingerprint density at radius 1 is 0.821 bits per heavy atom. The number of ether oxygens (including phenoxy) is 5. The molecule has 4 N–H and O–H groups in total. The third kappa shape index (κ3) is 25.1. The quantitative estimate of drug-likeness (QED) is 0.154. The van der Waals surface area contributed by atoms with Crippen LogP contribution < -0.4 is 16.2 Å². The lowest BCUT2D eigenvalue weighted by Gasteiger charge is -2.19. The van der Waals surface area contributed by atoms with Crippen molar-refractivity contribution in [1.82, 2.24) is 15.7 Å². The van der Waals surface area contributed by atoms with Gasteiger partial charge in [0.2, 0.25) is 0 Å². The van der Waals surface area contributed by atoms with Gasteiger partial charge in [-0.05, 0) is 32.9 Å². The Labute approximate surface area is 232 Å². The fourth-order valence-corrected chi connectivity index (χ4v) is 2.28. The number of nitrogens with one attached hydrogen (secondary N) is 3. The SMILES string of the molecule is CC.CC.CC(C)(C)OC(=O)NNc1ccc(C(=O)NCCOCCOCCOCCOCCC(=O)O)cn1. The van der Waals surface area contributed by atoms with Gasteiger partial charge in [0, 0.05) is 12.7 Å². The number of carbonyl (C=O) groups is 3. The second kappa shape index (κ2) is 25.3. The number of hydrazine groups is 1. The van der Waals surface area contributed by atoms with E-state index in [1.54, 1.807) is 32.9 Å². The van der Waals surface area contributed by atoms with E-state index in [9.17, 15) is 14.4 Å². The molecule has 0 unspecified atom stereocenters. The van der Waals surface area contributed by atoms with E-state index < -0.39 is 17.7 Å². The molecule has 1 rings (SSSR count). The Hall–Kier alpha value is -3.00. The number of carbonyl (C=O) groups excluding carboxylic acids is 2. The molecule has 13 nitrogen and oxygen atoms in total. The fourth-order valence-electron chi connectivity index (χ4n) is 2.28. The number of nitrogens with zero attached hydrogens (tertiary/aromatic N) is 1. The van der Waals surface area contributed by atoms with Crippen LogP contribution in [0.3, 0.4) is 0 Å². The maximum atomic E-state index is 12.1. The van der Waals surface area contributed by atoms with Crippen LogP contribution in [-0.2, 0) is 28.5 Å². The molecule has 0 saturated heterocycles.